The number of rotatable bonds is 6. The number of amides is 4. The molecule has 5 atom stereocenters. The number of aliphatic hydroxyl groups is 3. The number of hydrogen-bond acceptors (Lipinski definition) is 7. The second-order valence-corrected chi connectivity index (χ2v) is 8.52. The first kappa shape index (κ1) is 26.0. The molecule has 10 heteroatoms. The van der Waals surface area contributed by atoms with Crippen LogP contribution in [0.15, 0.2) is 84.9 Å². The predicted molar refractivity (Wildman–Crippen MR) is 133 cm³/mol. The van der Waals surface area contributed by atoms with Crippen molar-refractivity contribution >= 4 is 17.8 Å². The molecule has 0 radical (unpaired) electrons. The largest absolute Gasteiger partial charge is 0.388 e. The van der Waals surface area contributed by atoms with Gasteiger partial charge in [0.1, 0.15) is 24.4 Å². The zero-order chi connectivity index (χ0) is 26.4. The maximum absolute atomic E-state index is 12.8. The predicted octanol–water partition coefficient (Wildman–Crippen LogP) is 1.03. The van der Waals surface area contributed by atoms with Gasteiger partial charge in [0.05, 0.1) is 0 Å². The van der Waals surface area contributed by atoms with Crippen molar-refractivity contribution < 1.29 is 34.4 Å². The lowest BCUT2D eigenvalue weighted by molar-refractivity contribution is -0.243. The van der Waals surface area contributed by atoms with E-state index >= 15 is 0 Å². The Morgan fingerprint density at radius 3 is 2.05 bits per heavy atom. The third kappa shape index (κ3) is 6.38. The molecule has 4 amide bonds. The highest BCUT2D eigenvalue weighted by Gasteiger charge is 2.44. The number of benzene rings is 3. The highest BCUT2D eigenvalue weighted by Crippen LogP contribution is 2.22. The van der Waals surface area contributed by atoms with E-state index in [-0.39, 0.29) is 12.1 Å². The van der Waals surface area contributed by atoms with Crippen LogP contribution in [-0.4, -0.2) is 70.4 Å². The van der Waals surface area contributed by atoms with Gasteiger partial charge in [0.25, 0.3) is 11.8 Å². The number of ether oxygens (including phenoxy) is 1. The fourth-order valence-corrected chi connectivity index (χ4v) is 3.98. The molecule has 4 rings (SSSR count). The summed E-state index contributed by atoms with van der Waals surface area (Å²) in [6, 6.07) is 22.2. The second-order valence-electron chi connectivity index (χ2n) is 8.52. The van der Waals surface area contributed by atoms with E-state index in [2.05, 4.69) is 16.0 Å². The Labute approximate surface area is 212 Å². The van der Waals surface area contributed by atoms with Crippen LogP contribution in [0, 0.1) is 0 Å². The van der Waals surface area contributed by atoms with Crippen LogP contribution in [0.2, 0.25) is 0 Å². The molecule has 1 fully saturated rings. The minimum absolute atomic E-state index is 0.283. The zero-order valence-electron chi connectivity index (χ0n) is 19.7. The number of carbonyl (C=O) groups excluding carboxylic acids is 3. The van der Waals surface area contributed by atoms with Crippen LogP contribution >= 0.6 is 0 Å². The van der Waals surface area contributed by atoms with E-state index in [4.69, 9.17) is 4.74 Å². The Morgan fingerprint density at radius 2 is 1.35 bits per heavy atom. The van der Waals surface area contributed by atoms with Gasteiger partial charge in [-0.3, -0.25) is 14.9 Å². The van der Waals surface area contributed by atoms with Crippen molar-refractivity contribution in [3.8, 4) is 11.1 Å². The number of urea groups is 1. The fraction of sp³-hybridized carbons (Fsp3) is 0.222. The Hall–Kier alpha value is -4.09. The first-order valence-corrected chi connectivity index (χ1v) is 11.6. The summed E-state index contributed by atoms with van der Waals surface area (Å²) < 4.78 is 5.35. The average Bonchev–Trinajstić information content (AvgIpc) is 2.93. The molecule has 5 unspecified atom stereocenters. The molecule has 1 heterocycles. The smallest absolute Gasteiger partial charge is 0.321 e. The van der Waals surface area contributed by atoms with Crippen molar-refractivity contribution in [3.63, 3.8) is 0 Å². The summed E-state index contributed by atoms with van der Waals surface area (Å²) in [5.74, 6) is -1.20. The second kappa shape index (κ2) is 11.8. The van der Waals surface area contributed by atoms with Crippen molar-refractivity contribution in [2.75, 3.05) is 6.54 Å². The molecule has 1 saturated heterocycles. The molecule has 0 saturated carbocycles. The Morgan fingerprint density at radius 1 is 0.730 bits per heavy atom. The van der Waals surface area contributed by atoms with E-state index in [1.165, 1.54) is 12.1 Å². The SMILES string of the molecule is O=C(NCC1OC(O)C(NC(=O)c2cccc(-c3ccccc3)c2)C(O)C1O)NC(=O)c1ccccc1. The Kier molecular flexibility index (Phi) is 8.26. The quantitative estimate of drug-likeness (QED) is 0.292. The number of nitrogens with one attached hydrogen (secondary N) is 3. The minimum Gasteiger partial charge on any atom is -0.388 e. The molecule has 192 valence electrons. The van der Waals surface area contributed by atoms with Gasteiger partial charge >= 0.3 is 6.03 Å². The lowest BCUT2D eigenvalue weighted by Gasteiger charge is -2.41. The van der Waals surface area contributed by atoms with E-state index in [9.17, 15) is 29.7 Å². The molecular formula is C27H27N3O7. The topological polar surface area (TPSA) is 157 Å². The maximum Gasteiger partial charge on any atom is 0.321 e. The molecular weight excluding hydrogens is 478 g/mol. The summed E-state index contributed by atoms with van der Waals surface area (Å²) >= 11 is 0. The molecule has 37 heavy (non-hydrogen) atoms. The monoisotopic (exact) mass is 505 g/mol. The molecule has 1 aliphatic heterocycles. The van der Waals surface area contributed by atoms with Crippen LogP contribution < -0.4 is 16.0 Å². The highest BCUT2D eigenvalue weighted by atomic mass is 16.6. The summed E-state index contributed by atoms with van der Waals surface area (Å²) in [7, 11) is 0. The van der Waals surface area contributed by atoms with Crippen molar-refractivity contribution in [3.05, 3.63) is 96.1 Å². The van der Waals surface area contributed by atoms with Crippen LogP contribution in [0.5, 0.6) is 0 Å². The standard InChI is InChI=1S/C27H27N3O7/c31-22-20(15-28-27(36)30-24(33)17-10-5-2-6-11-17)37-26(35)21(23(22)32)29-25(34)19-13-7-12-18(14-19)16-8-3-1-4-9-16/h1-14,20-23,26,31-32,35H,15H2,(H,29,34)(H2,28,30,33,36). The molecule has 1 aliphatic rings. The van der Waals surface area contributed by atoms with Crippen molar-refractivity contribution in [2.45, 2.75) is 30.6 Å². The molecule has 3 aromatic rings. The van der Waals surface area contributed by atoms with Crippen LogP contribution in [0.4, 0.5) is 4.79 Å². The minimum atomic E-state index is -1.67. The van der Waals surface area contributed by atoms with Crippen molar-refractivity contribution in [1.82, 2.24) is 16.0 Å². The molecule has 0 aliphatic carbocycles. The van der Waals surface area contributed by atoms with Gasteiger partial charge in [-0.25, -0.2) is 4.79 Å². The average molecular weight is 506 g/mol. The molecule has 0 bridgehead atoms. The number of imide groups is 1. The summed E-state index contributed by atoms with van der Waals surface area (Å²) in [6.07, 6.45) is -6.00. The van der Waals surface area contributed by atoms with E-state index < -0.39 is 48.5 Å². The summed E-state index contributed by atoms with van der Waals surface area (Å²) in [5, 5.41) is 38.5. The van der Waals surface area contributed by atoms with Gasteiger partial charge in [-0.15, -0.1) is 0 Å². The van der Waals surface area contributed by atoms with Crippen molar-refractivity contribution in [1.29, 1.82) is 0 Å². The van der Waals surface area contributed by atoms with E-state index in [0.29, 0.717) is 5.56 Å². The summed E-state index contributed by atoms with van der Waals surface area (Å²) in [5.41, 5.74) is 2.30. The number of carbonyl (C=O) groups is 3. The van der Waals surface area contributed by atoms with Crippen molar-refractivity contribution in [2.24, 2.45) is 0 Å². The van der Waals surface area contributed by atoms with Crippen LogP contribution in [0.3, 0.4) is 0 Å². The van der Waals surface area contributed by atoms with Crippen LogP contribution in [-0.2, 0) is 4.74 Å². The van der Waals surface area contributed by atoms with Gasteiger partial charge < -0.3 is 30.7 Å². The Balaban J connectivity index is 1.33. The van der Waals surface area contributed by atoms with Gasteiger partial charge in [0.2, 0.25) is 0 Å². The first-order chi connectivity index (χ1) is 17.8. The molecule has 6 N–H and O–H groups in total. The molecule has 3 aromatic carbocycles. The summed E-state index contributed by atoms with van der Waals surface area (Å²) in [4.78, 5) is 37.0. The first-order valence-electron chi connectivity index (χ1n) is 11.6. The summed E-state index contributed by atoms with van der Waals surface area (Å²) in [6.45, 7) is -0.316. The molecule has 0 spiro atoms. The number of aliphatic hydroxyl groups excluding tert-OH is 3. The van der Waals surface area contributed by atoms with E-state index in [0.717, 1.165) is 11.1 Å². The zero-order valence-corrected chi connectivity index (χ0v) is 19.7. The van der Waals surface area contributed by atoms with Gasteiger partial charge in [0, 0.05) is 17.7 Å². The van der Waals surface area contributed by atoms with Gasteiger partial charge in [0.15, 0.2) is 6.29 Å². The van der Waals surface area contributed by atoms with Gasteiger partial charge in [-0.1, -0.05) is 60.7 Å². The highest BCUT2D eigenvalue weighted by molar-refractivity contribution is 6.04. The lowest BCUT2D eigenvalue weighted by atomic mass is 9.96. The third-order valence-electron chi connectivity index (χ3n) is 5.98. The molecule has 0 aromatic heterocycles. The maximum atomic E-state index is 12.8. The lowest BCUT2D eigenvalue weighted by Crippen LogP contribution is -2.65. The van der Waals surface area contributed by atoms with Gasteiger partial charge in [-0.05, 0) is 35.4 Å². The van der Waals surface area contributed by atoms with Gasteiger partial charge in [-0.2, -0.15) is 0 Å². The Bertz CT molecular complexity index is 1240. The fourth-order valence-electron chi connectivity index (χ4n) is 3.98. The van der Waals surface area contributed by atoms with E-state index in [1.54, 1.807) is 36.4 Å². The van der Waals surface area contributed by atoms with Crippen LogP contribution in [0.25, 0.3) is 11.1 Å². The van der Waals surface area contributed by atoms with Crippen LogP contribution in [0.1, 0.15) is 20.7 Å². The normalized spacial score (nSPS) is 23.1. The number of hydrogen-bond donors (Lipinski definition) is 6. The molecule has 10 nitrogen and oxygen atoms in total. The third-order valence-corrected chi connectivity index (χ3v) is 5.98. The van der Waals surface area contributed by atoms with E-state index in [1.807, 2.05) is 36.4 Å².